The van der Waals surface area contributed by atoms with Crippen LogP contribution in [-0.4, -0.2) is 47.1 Å². The first-order chi connectivity index (χ1) is 13.2. The first-order valence-electron chi connectivity index (χ1n) is 9.33. The normalized spacial score (nSPS) is 17.0. The number of nitrogens with zero attached hydrogens (tertiary/aromatic N) is 7. The summed E-state index contributed by atoms with van der Waals surface area (Å²) < 4.78 is 9.31. The van der Waals surface area contributed by atoms with Gasteiger partial charge in [-0.1, -0.05) is 10.4 Å². The molecule has 0 radical (unpaired) electrons. The van der Waals surface area contributed by atoms with Gasteiger partial charge >= 0.3 is 0 Å². The van der Waals surface area contributed by atoms with Gasteiger partial charge in [0.1, 0.15) is 5.76 Å². The van der Waals surface area contributed by atoms with E-state index in [4.69, 9.17) is 4.52 Å². The Morgan fingerprint density at radius 3 is 3.00 bits per heavy atom. The maximum Gasteiger partial charge on any atom is 0.276 e. The molecule has 3 aromatic rings. The molecule has 0 saturated heterocycles. The third-order valence-electron chi connectivity index (χ3n) is 5.33. The van der Waals surface area contributed by atoms with Crippen molar-refractivity contribution >= 4 is 5.91 Å². The molecule has 0 spiro atoms. The molecule has 9 nitrogen and oxygen atoms in total. The van der Waals surface area contributed by atoms with Crippen molar-refractivity contribution in [3.05, 3.63) is 47.1 Å². The maximum absolute atomic E-state index is 13.0. The minimum Gasteiger partial charge on any atom is -0.360 e. The summed E-state index contributed by atoms with van der Waals surface area (Å²) in [5, 5.41) is 12.0. The molecular formula is C18H21N7O2. The van der Waals surface area contributed by atoms with Crippen molar-refractivity contribution in [1.29, 1.82) is 0 Å². The fourth-order valence-corrected chi connectivity index (χ4v) is 3.54. The Balaban J connectivity index is 1.38. The molecule has 1 fully saturated rings. The first-order valence-corrected chi connectivity index (χ1v) is 9.33. The SMILES string of the molecule is Cc1cnnn1Cc1ncn2c1CN(C(=O)c1cc(C3CC3)on1)CCC2. The van der Waals surface area contributed by atoms with E-state index in [0.717, 1.165) is 48.6 Å². The monoisotopic (exact) mass is 367 g/mol. The molecular weight excluding hydrogens is 346 g/mol. The summed E-state index contributed by atoms with van der Waals surface area (Å²) in [5.74, 6) is 1.20. The average molecular weight is 367 g/mol. The van der Waals surface area contributed by atoms with Crippen molar-refractivity contribution < 1.29 is 9.32 Å². The predicted octanol–water partition coefficient (Wildman–Crippen LogP) is 1.74. The van der Waals surface area contributed by atoms with Gasteiger partial charge in [0, 0.05) is 25.1 Å². The summed E-state index contributed by atoms with van der Waals surface area (Å²) in [6, 6.07) is 1.81. The molecule has 9 heteroatoms. The van der Waals surface area contributed by atoms with Gasteiger partial charge in [-0.05, 0) is 26.2 Å². The number of amides is 1. The number of fused-ring (bicyclic) bond motifs is 1. The molecule has 1 saturated carbocycles. The lowest BCUT2D eigenvalue weighted by Gasteiger charge is -2.19. The van der Waals surface area contributed by atoms with E-state index in [-0.39, 0.29) is 5.91 Å². The van der Waals surface area contributed by atoms with Gasteiger partial charge in [0.25, 0.3) is 5.91 Å². The lowest BCUT2D eigenvalue weighted by molar-refractivity contribution is 0.0734. The molecule has 0 unspecified atom stereocenters. The molecule has 0 aromatic carbocycles. The third-order valence-corrected chi connectivity index (χ3v) is 5.33. The molecule has 140 valence electrons. The van der Waals surface area contributed by atoms with Crippen molar-refractivity contribution in [2.45, 2.75) is 51.7 Å². The number of carbonyl (C=O) groups excluding carboxylic acids is 1. The van der Waals surface area contributed by atoms with E-state index in [0.29, 0.717) is 31.2 Å². The Kier molecular flexibility index (Phi) is 3.80. The van der Waals surface area contributed by atoms with Crippen LogP contribution in [0.3, 0.4) is 0 Å². The predicted molar refractivity (Wildman–Crippen MR) is 93.9 cm³/mol. The van der Waals surface area contributed by atoms with Gasteiger partial charge in [-0.25, -0.2) is 9.67 Å². The lowest BCUT2D eigenvalue weighted by Crippen LogP contribution is -2.31. The van der Waals surface area contributed by atoms with E-state index in [1.165, 1.54) is 0 Å². The highest BCUT2D eigenvalue weighted by molar-refractivity contribution is 5.92. The first kappa shape index (κ1) is 16.2. The fourth-order valence-electron chi connectivity index (χ4n) is 3.54. The van der Waals surface area contributed by atoms with E-state index in [1.807, 2.05) is 28.9 Å². The van der Waals surface area contributed by atoms with Crippen LogP contribution in [0.25, 0.3) is 0 Å². The zero-order chi connectivity index (χ0) is 18.4. The highest BCUT2D eigenvalue weighted by Crippen LogP contribution is 2.40. The van der Waals surface area contributed by atoms with Crippen LogP contribution in [0, 0.1) is 6.92 Å². The molecule has 0 N–H and O–H groups in total. The minimum absolute atomic E-state index is 0.0804. The van der Waals surface area contributed by atoms with Crippen LogP contribution < -0.4 is 0 Å². The van der Waals surface area contributed by atoms with Crippen LogP contribution in [0.2, 0.25) is 0 Å². The summed E-state index contributed by atoms with van der Waals surface area (Å²) in [7, 11) is 0. The zero-order valence-corrected chi connectivity index (χ0v) is 15.2. The number of hydrogen-bond acceptors (Lipinski definition) is 6. The third kappa shape index (κ3) is 3.02. The number of aromatic nitrogens is 6. The van der Waals surface area contributed by atoms with E-state index in [1.54, 1.807) is 6.20 Å². The summed E-state index contributed by atoms with van der Waals surface area (Å²) in [6.07, 6.45) is 6.70. The van der Waals surface area contributed by atoms with E-state index in [2.05, 4.69) is 25.0 Å². The van der Waals surface area contributed by atoms with Crippen molar-refractivity contribution in [3.8, 4) is 0 Å². The summed E-state index contributed by atoms with van der Waals surface area (Å²) in [6.45, 7) is 4.55. The van der Waals surface area contributed by atoms with Gasteiger partial charge < -0.3 is 14.0 Å². The Morgan fingerprint density at radius 1 is 1.33 bits per heavy atom. The Bertz CT molecular complexity index is 982. The quantitative estimate of drug-likeness (QED) is 0.697. The van der Waals surface area contributed by atoms with Gasteiger partial charge in [-0.3, -0.25) is 4.79 Å². The topological polar surface area (TPSA) is 94.9 Å². The van der Waals surface area contributed by atoms with E-state index >= 15 is 0 Å². The lowest BCUT2D eigenvalue weighted by atomic mass is 10.2. The van der Waals surface area contributed by atoms with Gasteiger partial charge in [0.2, 0.25) is 0 Å². The number of rotatable bonds is 4. The summed E-state index contributed by atoms with van der Waals surface area (Å²) >= 11 is 0. The van der Waals surface area contributed by atoms with Crippen LogP contribution in [0.5, 0.6) is 0 Å². The second-order valence-corrected chi connectivity index (χ2v) is 7.33. The molecule has 0 atom stereocenters. The second kappa shape index (κ2) is 6.33. The molecule has 2 aliphatic rings. The summed E-state index contributed by atoms with van der Waals surface area (Å²) in [4.78, 5) is 19.4. The Hall–Kier alpha value is -2.97. The minimum atomic E-state index is -0.0804. The largest absolute Gasteiger partial charge is 0.360 e. The molecule has 0 bridgehead atoms. The fraction of sp³-hybridized carbons (Fsp3) is 0.500. The van der Waals surface area contributed by atoms with Crippen molar-refractivity contribution in [2.75, 3.05) is 6.54 Å². The highest BCUT2D eigenvalue weighted by atomic mass is 16.5. The average Bonchev–Trinajstić information content (AvgIpc) is 3.18. The number of imidazole rings is 1. The molecule has 3 aromatic heterocycles. The van der Waals surface area contributed by atoms with Crippen LogP contribution in [0.15, 0.2) is 23.1 Å². The van der Waals surface area contributed by atoms with Crippen LogP contribution in [0.4, 0.5) is 0 Å². The van der Waals surface area contributed by atoms with E-state index in [9.17, 15) is 4.79 Å². The molecule has 1 aliphatic heterocycles. The molecule has 5 rings (SSSR count). The van der Waals surface area contributed by atoms with Crippen LogP contribution >= 0.6 is 0 Å². The second-order valence-electron chi connectivity index (χ2n) is 7.33. The molecule has 4 heterocycles. The number of hydrogen-bond donors (Lipinski definition) is 0. The van der Waals surface area contributed by atoms with E-state index < -0.39 is 0 Å². The van der Waals surface area contributed by atoms with Crippen molar-refractivity contribution in [3.63, 3.8) is 0 Å². The zero-order valence-electron chi connectivity index (χ0n) is 15.2. The molecule has 1 aliphatic carbocycles. The molecule has 1 amide bonds. The van der Waals surface area contributed by atoms with Gasteiger partial charge in [-0.2, -0.15) is 0 Å². The van der Waals surface area contributed by atoms with Crippen LogP contribution in [0.1, 0.15) is 58.5 Å². The van der Waals surface area contributed by atoms with Gasteiger partial charge in [0.05, 0.1) is 42.7 Å². The standard InChI is InChI=1S/C18H21N7O2/c1-12-8-20-22-25(12)9-15-16-10-23(5-2-6-24(16)11-19-15)18(26)14-7-17(27-21-14)13-3-4-13/h7-8,11,13H,2-6,9-10H2,1H3. The summed E-state index contributed by atoms with van der Waals surface area (Å²) in [5.41, 5.74) is 3.34. The highest BCUT2D eigenvalue weighted by Gasteiger charge is 2.31. The smallest absolute Gasteiger partial charge is 0.276 e. The number of carbonyl (C=O) groups is 1. The Labute approximate surface area is 156 Å². The maximum atomic E-state index is 13.0. The van der Waals surface area contributed by atoms with Gasteiger partial charge in [-0.15, -0.1) is 5.10 Å². The van der Waals surface area contributed by atoms with Crippen molar-refractivity contribution in [1.82, 2.24) is 34.6 Å². The Morgan fingerprint density at radius 2 is 2.22 bits per heavy atom. The van der Waals surface area contributed by atoms with Crippen molar-refractivity contribution in [2.24, 2.45) is 0 Å². The number of aryl methyl sites for hydroxylation is 2. The molecule has 27 heavy (non-hydrogen) atoms. The van der Waals surface area contributed by atoms with Crippen LogP contribution in [-0.2, 0) is 19.6 Å². The van der Waals surface area contributed by atoms with Gasteiger partial charge in [0.15, 0.2) is 5.69 Å².